The summed E-state index contributed by atoms with van der Waals surface area (Å²) in [7, 11) is 0. The van der Waals surface area contributed by atoms with E-state index in [9.17, 15) is 4.79 Å². The minimum atomic E-state index is -0.873. The molecule has 3 atom stereocenters. The van der Waals surface area contributed by atoms with Crippen molar-refractivity contribution in [2.24, 2.45) is 32.6 Å². The van der Waals surface area contributed by atoms with Crippen molar-refractivity contribution in [3.05, 3.63) is 35.9 Å². The largest absolute Gasteiger partial charge is 0.296 e. The number of benzene rings is 1. The van der Waals surface area contributed by atoms with Crippen LogP contribution >= 0.6 is 0 Å². The van der Waals surface area contributed by atoms with E-state index in [-0.39, 0.29) is 17.2 Å². The number of nitrogens with zero attached hydrogens (tertiary/aromatic N) is 3. The van der Waals surface area contributed by atoms with Crippen LogP contribution in [-0.2, 0) is 4.79 Å². The Hall–Kier alpha value is -2.31. The smallest absolute Gasteiger partial charge is 0.168 e. The molecule has 4 rings (SSSR count). The first-order valence-electron chi connectivity index (χ1n) is 12.3. The molecule has 3 unspecified atom stereocenters. The molecule has 0 amide bonds. The fourth-order valence-electron chi connectivity index (χ4n) is 7.26. The van der Waals surface area contributed by atoms with Gasteiger partial charge in [0, 0.05) is 11.3 Å². The molecule has 172 valence electrons. The summed E-state index contributed by atoms with van der Waals surface area (Å²) in [5, 5.41) is 11.7. The maximum absolute atomic E-state index is 13.6. The molecule has 7 nitrogen and oxygen atoms in total. The highest BCUT2D eigenvalue weighted by atomic mass is 16.1. The lowest BCUT2D eigenvalue weighted by atomic mass is 9.56. The number of Topliss-reactive ketones (excluding diaryl/α,β-unsaturated/α-hetero) is 1. The Kier molecular flexibility index (Phi) is 6.63. The molecule has 0 aliphatic heterocycles. The molecule has 3 N–H and O–H groups in total. The van der Waals surface area contributed by atoms with Gasteiger partial charge in [-0.15, -0.1) is 0 Å². The zero-order valence-corrected chi connectivity index (χ0v) is 19.1. The molecule has 0 radical (unpaired) electrons. The molecule has 3 saturated carbocycles. The molecule has 1 aromatic rings. The molecule has 3 fully saturated rings. The second kappa shape index (κ2) is 9.28. The second-order valence-electron chi connectivity index (χ2n) is 10.3. The Morgan fingerprint density at radius 1 is 0.938 bits per heavy atom. The van der Waals surface area contributed by atoms with Crippen LogP contribution in [0.2, 0.25) is 0 Å². The standard InChI is InChI=1S/C25H36N6O/c1-2-6-17-9-11-19(12-10-17)25(31-28)15-13-24(14-16-25)20(18-7-4-3-5-8-18)21(29-26)22(30-27)23(24)32/h3-5,7-8,17,19-22,26-28H,2,6,9-16H2,1H3. The van der Waals surface area contributed by atoms with E-state index >= 15 is 0 Å². The zero-order valence-electron chi connectivity index (χ0n) is 19.1. The Morgan fingerprint density at radius 3 is 2.12 bits per heavy atom. The summed E-state index contributed by atoms with van der Waals surface area (Å²) in [5.74, 6) is 0.960. The highest BCUT2D eigenvalue weighted by Gasteiger charge is 2.63. The van der Waals surface area contributed by atoms with E-state index in [0.29, 0.717) is 18.8 Å². The van der Waals surface area contributed by atoms with Gasteiger partial charge in [-0.05, 0) is 55.9 Å². The van der Waals surface area contributed by atoms with Gasteiger partial charge in [0.15, 0.2) is 11.8 Å². The molecular weight excluding hydrogens is 400 g/mol. The number of carbonyl (C=O) groups is 1. The van der Waals surface area contributed by atoms with Crippen LogP contribution < -0.4 is 0 Å². The average Bonchev–Trinajstić information content (AvgIpc) is 3.08. The molecule has 0 aromatic heterocycles. The van der Waals surface area contributed by atoms with E-state index in [1.54, 1.807) is 0 Å². The first kappa shape index (κ1) is 22.9. The quantitative estimate of drug-likeness (QED) is 0.388. The van der Waals surface area contributed by atoms with E-state index < -0.39 is 17.5 Å². The molecule has 1 aromatic carbocycles. The van der Waals surface area contributed by atoms with Crippen molar-refractivity contribution in [1.29, 1.82) is 16.6 Å². The molecule has 7 heteroatoms. The fraction of sp³-hybridized carbons (Fsp3) is 0.720. The van der Waals surface area contributed by atoms with Gasteiger partial charge >= 0.3 is 0 Å². The molecular formula is C25H36N6O. The van der Waals surface area contributed by atoms with Crippen molar-refractivity contribution in [2.75, 3.05) is 0 Å². The molecule has 3 aliphatic carbocycles. The van der Waals surface area contributed by atoms with Crippen molar-refractivity contribution in [3.63, 3.8) is 0 Å². The van der Waals surface area contributed by atoms with Crippen molar-refractivity contribution < 1.29 is 4.79 Å². The van der Waals surface area contributed by atoms with Crippen LogP contribution in [0.25, 0.3) is 0 Å². The Bertz CT molecular complexity index is 839. The molecule has 3 aliphatic rings. The van der Waals surface area contributed by atoms with Gasteiger partial charge in [0.05, 0.1) is 5.54 Å². The number of ketones is 1. The third-order valence-electron chi connectivity index (χ3n) is 9.00. The van der Waals surface area contributed by atoms with Crippen LogP contribution in [0, 0.1) is 33.8 Å². The van der Waals surface area contributed by atoms with Crippen LogP contribution in [0.5, 0.6) is 0 Å². The van der Waals surface area contributed by atoms with Crippen LogP contribution in [0.15, 0.2) is 45.7 Å². The van der Waals surface area contributed by atoms with Crippen molar-refractivity contribution >= 4 is 5.78 Å². The normalized spacial score (nSPS) is 39.7. The van der Waals surface area contributed by atoms with E-state index in [1.165, 1.54) is 25.7 Å². The lowest BCUT2D eigenvalue weighted by Gasteiger charge is -2.48. The fourth-order valence-corrected chi connectivity index (χ4v) is 7.26. The first-order chi connectivity index (χ1) is 15.5. The molecule has 1 spiro atoms. The lowest BCUT2D eigenvalue weighted by Crippen LogP contribution is -2.47. The third kappa shape index (κ3) is 3.63. The van der Waals surface area contributed by atoms with E-state index in [2.05, 4.69) is 22.3 Å². The van der Waals surface area contributed by atoms with Gasteiger partial charge in [0.25, 0.3) is 0 Å². The van der Waals surface area contributed by atoms with Crippen LogP contribution in [0.4, 0.5) is 0 Å². The summed E-state index contributed by atoms with van der Waals surface area (Å²) < 4.78 is 0. The van der Waals surface area contributed by atoms with Crippen molar-refractivity contribution in [2.45, 2.75) is 94.7 Å². The summed E-state index contributed by atoms with van der Waals surface area (Å²) in [6.07, 6.45) is 9.98. The highest BCUT2D eigenvalue weighted by molar-refractivity contribution is 5.95. The van der Waals surface area contributed by atoms with Gasteiger partial charge in [0.2, 0.25) is 0 Å². The summed E-state index contributed by atoms with van der Waals surface area (Å²) in [5.41, 5.74) is 23.6. The van der Waals surface area contributed by atoms with E-state index in [0.717, 1.165) is 37.2 Å². The summed E-state index contributed by atoms with van der Waals surface area (Å²) in [4.78, 5) is 13.6. The molecule has 0 heterocycles. The van der Waals surface area contributed by atoms with E-state index in [1.807, 2.05) is 30.3 Å². The predicted octanol–water partition coefficient (Wildman–Crippen LogP) is 7.09. The SMILES string of the molecule is CCCC1CCC(C2(N=N)CCC3(CC2)C(=O)C(N=N)C(N=N)C3c2ccccc2)CC1. The summed E-state index contributed by atoms with van der Waals surface area (Å²) in [6.45, 7) is 2.25. The van der Waals surface area contributed by atoms with Gasteiger partial charge in [-0.3, -0.25) is 4.79 Å². The number of carbonyl (C=O) groups excluding carboxylic acids is 1. The second-order valence-corrected chi connectivity index (χ2v) is 10.3. The lowest BCUT2D eigenvalue weighted by molar-refractivity contribution is -0.130. The number of hydrogen-bond donors (Lipinski definition) is 3. The number of rotatable bonds is 7. The van der Waals surface area contributed by atoms with Crippen molar-refractivity contribution in [3.8, 4) is 0 Å². The maximum Gasteiger partial charge on any atom is 0.168 e. The summed E-state index contributed by atoms with van der Waals surface area (Å²) >= 11 is 0. The average molecular weight is 437 g/mol. The third-order valence-corrected chi connectivity index (χ3v) is 9.00. The van der Waals surface area contributed by atoms with Gasteiger partial charge in [-0.2, -0.15) is 15.3 Å². The van der Waals surface area contributed by atoms with Crippen LogP contribution in [-0.4, -0.2) is 23.4 Å². The Balaban J connectivity index is 1.60. The maximum atomic E-state index is 13.6. The predicted molar refractivity (Wildman–Crippen MR) is 121 cm³/mol. The van der Waals surface area contributed by atoms with E-state index in [4.69, 9.17) is 16.6 Å². The topological polar surface area (TPSA) is 126 Å². The Labute approximate surface area is 190 Å². The summed E-state index contributed by atoms with van der Waals surface area (Å²) in [6, 6.07) is 8.40. The van der Waals surface area contributed by atoms with Crippen LogP contribution in [0.3, 0.4) is 0 Å². The van der Waals surface area contributed by atoms with Gasteiger partial charge in [-0.25, -0.2) is 16.6 Å². The Morgan fingerprint density at radius 2 is 1.59 bits per heavy atom. The molecule has 0 bridgehead atoms. The van der Waals surface area contributed by atoms with Crippen molar-refractivity contribution in [1.82, 2.24) is 0 Å². The van der Waals surface area contributed by atoms with Gasteiger partial charge < -0.3 is 0 Å². The zero-order chi connectivity index (χ0) is 22.8. The van der Waals surface area contributed by atoms with Gasteiger partial charge in [-0.1, -0.05) is 62.9 Å². The monoisotopic (exact) mass is 436 g/mol. The molecule has 32 heavy (non-hydrogen) atoms. The van der Waals surface area contributed by atoms with Crippen LogP contribution in [0.1, 0.15) is 82.6 Å². The number of hydrogen-bond acceptors (Lipinski definition) is 7. The number of nitrogens with one attached hydrogen (secondary N) is 3. The first-order valence-corrected chi connectivity index (χ1v) is 12.3. The minimum absolute atomic E-state index is 0.0346. The minimum Gasteiger partial charge on any atom is -0.296 e. The highest BCUT2D eigenvalue weighted by Crippen LogP contribution is 2.60. The van der Waals surface area contributed by atoms with Gasteiger partial charge in [0.1, 0.15) is 6.04 Å². The molecule has 0 saturated heterocycles.